The second-order valence-corrected chi connectivity index (χ2v) is 10.2. The van der Waals surface area contributed by atoms with Gasteiger partial charge in [0.25, 0.3) is 5.69 Å². The van der Waals surface area contributed by atoms with Gasteiger partial charge in [0.1, 0.15) is 12.0 Å². The highest BCUT2D eigenvalue weighted by Gasteiger charge is 2.47. The van der Waals surface area contributed by atoms with Crippen molar-refractivity contribution in [2.75, 3.05) is 6.26 Å². The van der Waals surface area contributed by atoms with E-state index in [2.05, 4.69) is 4.99 Å². The molecule has 0 aromatic heterocycles. The first-order valence-electron chi connectivity index (χ1n) is 9.16. The van der Waals surface area contributed by atoms with Crippen molar-refractivity contribution < 1.29 is 27.7 Å². The van der Waals surface area contributed by atoms with Crippen LogP contribution in [0.1, 0.15) is 43.5 Å². The van der Waals surface area contributed by atoms with Gasteiger partial charge in [-0.25, -0.2) is 8.42 Å². The van der Waals surface area contributed by atoms with Crippen molar-refractivity contribution in [3.8, 4) is 0 Å². The Balaban J connectivity index is 2.05. The number of ether oxygens (including phenoxy) is 1. The number of aliphatic imine (C=N–C) groups is 1. The number of benzene rings is 1. The van der Waals surface area contributed by atoms with E-state index in [1.165, 1.54) is 6.40 Å². The van der Waals surface area contributed by atoms with E-state index in [1.807, 2.05) is 13.8 Å². The van der Waals surface area contributed by atoms with Gasteiger partial charge in [0.05, 0.1) is 20.9 Å². The highest BCUT2D eigenvalue weighted by molar-refractivity contribution is 7.90. The molecule has 1 aromatic rings. The molecule has 0 radical (unpaired) electrons. The van der Waals surface area contributed by atoms with Crippen LogP contribution in [0.3, 0.4) is 0 Å². The molecule has 0 N–H and O–H groups in total. The van der Waals surface area contributed by atoms with Crippen LogP contribution < -0.4 is 0 Å². The lowest BCUT2D eigenvalue weighted by Crippen LogP contribution is -2.43. The SMILES string of the molecule is CC1(C)CC(C(C(=O)c2ccc(S(C)(=O)=O)cc2[N+](=O)[O-])C(=O)C2CC2)OC=N1. The fourth-order valence-electron chi connectivity index (χ4n) is 3.41. The van der Waals surface area contributed by atoms with Crippen molar-refractivity contribution >= 4 is 33.5 Å². The second-order valence-electron chi connectivity index (χ2n) is 8.15. The molecule has 1 fully saturated rings. The van der Waals surface area contributed by atoms with Crippen molar-refractivity contribution in [3.63, 3.8) is 0 Å². The third kappa shape index (κ3) is 4.52. The van der Waals surface area contributed by atoms with Gasteiger partial charge in [-0.15, -0.1) is 0 Å². The minimum atomic E-state index is -3.70. The number of nitro groups is 1. The summed E-state index contributed by atoms with van der Waals surface area (Å²) in [6.07, 6.45) is 2.98. The number of carbonyl (C=O) groups excluding carboxylic acids is 2. The van der Waals surface area contributed by atoms with Crippen molar-refractivity contribution in [2.45, 2.75) is 49.6 Å². The van der Waals surface area contributed by atoms with Crippen molar-refractivity contribution in [2.24, 2.45) is 16.8 Å². The van der Waals surface area contributed by atoms with Crippen LogP contribution in [-0.2, 0) is 19.4 Å². The summed E-state index contributed by atoms with van der Waals surface area (Å²) in [4.78, 5) is 40.9. The molecule has 29 heavy (non-hydrogen) atoms. The summed E-state index contributed by atoms with van der Waals surface area (Å²) in [6.45, 7) is 3.68. The maximum Gasteiger partial charge on any atom is 0.281 e. The Morgan fingerprint density at radius 3 is 2.48 bits per heavy atom. The van der Waals surface area contributed by atoms with Crippen LogP contribution in [0, 0.1) is 22.0 Å². The Hall–Kier alpha value is -2.62. The molecule has 156 valence electrons. The molecule has 2 aliphatic rings. The maximum absolute atomic E-state index is 13.3. The molecular weight excluding hydrogens is 400 g/mol. The van der Waals surface area contributed by atoms with Gasteiger partial charge in [-0.3, -0.25) is 24.7 Å². The average molecular weight is 422 g/mol. The highest BCUT2D eigenvalue weighted by atomic mass is 32.2. The van der Waals surface area contributed by atoms with E-state index in [9.17, 15) is 28.1 Å². The lowest BCUT2D eigenvalue weighted by Gasteiger charge is -2.33. The summed E-state index contributed by atoms with van der Waals surface area (Å²) in [5, 5.41) is 11.5. The van der Waals surface area contributed by atoms with Gasteiger partial charge >= 0.3 is 0 Å². The Bertz CT molecular complexity index is 1010. The molecule has 0 spiro atoms. The number of hydrogen-bond donors (Lipinski definition) is 0. The summed E-state index contributed by atoms with van der Waals surface area (Å²) in [5.41, 5.74) is -1.49. The first kappa shape index (κ1) is 21.1. The van der Waals surface area contributed by atoms with Gasteiger partial charge in [-0.05, 0) is 38.8 Å². The van der Waals surface area contributed by atoms with Gasteiger partial charge in [0.15, 0.2) is 27.8 Å². The van der Waals surface area contributed by atoms with Crippen molar-refractivity contribution in [3.05, 3.63) is 33.9 Å². The van der Waals surface area contributed by atoms with Gasteiger partial charge in [0, 0.05) is 24.7 Å². The van der Waals surface area contributed by atoms with E-state index in [0.29, 0.717) is 19.3 Å². The van der Waals surface area contributed by atoms with Gasteiger partial charge in [-0.1, -0.05) is 0 Å². The number of carbonyl (C=O) groups is 2. The number of Topliss-reactive ketones (excluding diaryl/α,β-unsaturated/α-hetero) is 2. The summed E-state index contributed by atoms with van der Waals surface area (Å²) < 4.78 is 29.0. The molecule has 9 nitrogen and oxygen atoms in total. The monoisotopic (exact) mass is 422 g/mol. The molecule has 1 heterocycles. The molecule has 0 amide bonds. The van der Waals surface area contributed by atoms with Crippen LogP contribution in [0.4, 0.5) is 5.69 Å². The number of hydrogen-bond acceptors (Lipinski definition) is 8. The third-order valence-electron chi connectivity index (χ3n) is 5.14. The van der Waals surface area contributed by atoms with Gasteiger partial charge in [-0.2, -0.15) is 0 Å². The first-order chi connectivity index (χ1) is 13.4. The Labute approximate surface area is 168 Å². The molecule has 3 rings (SSSR count). The lowest BCUT2D eigenvalue weighted by molar-refractivity contribution is -0.385. The summed E-state index contributed by atoms with van der Waals surface area (Å²) in [7, 11) is -3.70. The lowest BCUT2D eigenvalue weighted by atomic mass is 9.81. The van der Waals surface area contributed by atoms with E-state index in [4.69, 9.17) is 4.74 Å². The molecule has 2 atom stereocenters. The highest BCUT2D eigenvalue weighted by Crippen LogP contribution is 2.38. The number of nitrogens with zero attached hydrogens (tertiary/aromatic N) is 2. The first-order valence-corrected chi connectivity index (χ1v) is 11.1. The average Bonchev–Trinajstić information content (AvgIpc) is 3.44. The molecule has 0 saturated heterocycles. The molecule has 2 unspecified atom stereocenters. The molecule has 0 bridgehead atoms. The second kappa shape index (κ2) is 7.33. The van der Waals surface area contributed by atoms with Crippen molar-refractivity contribution in [1.29, 1.82) is 0 Å². The van der Waals surface area contributed by atoms with Crippen LogP contribution >= 0.6 is 0 Å². The number of rotatable bonds is 7. The molecule has 1 saturated carbocycles. The summed E-state index contributed by atoms with van der Waals surface area (Å²) in [6, 6.07) is 3.10. The third-order valence-corrected chi connectivity index (χ3v) is 6.25. The smallest absolute Gasteiger partial charge is 0.281 e. The zero-order valence-corrected chi connectivity index (χ0v) is 17.1. The summed E-state index contributed by atoms with van der Waals surface area (Å²) in [5.74, 6) is -2.50. The fourth-order valence-corrected chi connectivity index (χ4v) is 4.05. The molecule has 10 heteroatoms. The minimum Gasteiger partial charge on any atom is -0.479 e. The van der Waals surface area contributed by atoms with E-state index in [1.54, 1.807) is 0 Å². The van der Waals surface area contributed by atoms with E-state index < -0.39 is 43.8 Å². The summed E-state index contributed by atoms with van der Waals surface area (Å²) >= 11 is 0. The Morgan fingerprint density at radius 2 is 1.97 bits per heavy atom. The van der Waals surface area contributed by atoms with E-state index in [0.717, 1.165) is 24.5 Å². The molecule has 1 aliphatic heterocycles. The topological polar surface area (TPSA) is 133 Å². The van der Waals surface area contributed by atoms with E-state index >= 15 is 0 Å². The number of sulfone groups is 1. The standard InChI is InChI=1S/C19H22N2O7S/c1-19(2)9-15(28-10-20-19)16(17(22)11-4-5-11)18(23)13-7-6-12(29(3,26)27)8-14(13)21(24)25/h6-8,10-11,15-16H,4-5,9H2,1-3H3. The van der Waals surface area contributed by atoms with E-state index in [-0.39, 0.29) is 22.2 Å². The number of ketones is 2. The predicted octanol–water partition coefficient (Wildman–Crippen LogP) is 2.37. The Morgan fingerprint density at radius 1 is 1.31 bits per heavy atom. The fraction of sp³-hybridized carbons (Fsp3) is 0.526. The largest absolute Gasteiger partial charge is 0.479 e. The van der Waals surface area contributed by atoms with Crippen LogP contribution in [0.25, 0.3) is 0 Å². The van der Waals surface area contributed by atoms with Crippen LogP contribution in [0.2, 0.25) is 0 Å². The van der Waals surface area contributed by atoms with Crippen LogP contribution in [0.15, 0.2) is 28.1 Å². The molecule has 1 aromatic carbocycles. The zero-order valence-electron chi connectivity index (χ0n) is 16.3. The quantitative estimate of drug-likeness (QED) is 0.285. The zero-order chi connectivity index (χ0) is 21.6. The van der Waals surface area contributed by atoms with Gasteiger partial charge in [0.2, 0.25) is 0 Å². The minimum absolute atomic E-state index is 0.260. The Kier molecular flexibility index (Phi) is 5.33. The predicted molar refractivity (Wildman–Crippen MR) is 104 cm³/mol. The van der Waals surface area contributed by atoms with Crippen LogP contribution in [0.5, 0.6) is 0 Å². The molecular formula is C19H22N2O7S. The number of nitro benzene ring substituents is 1. The van der Waals surface area contributed by atoms with Crippen molar-refractivity contribution in [1.82, 2.24) is 0 Å². The maximum atomic E-state index is 13.3. The normalized spacial score (nSPS) is 21.8. The van der Waals surface area contributed by atoms with Gasteiger partial charge < -0.3 is 4.74 Å². The molecule has 1 aliphatic carbocycles. The van der Waals surface area contributed by atoms with Crippen LogP contribution in [-0.4, -0.2) is 49.2 Å².